The van der Waals surface area contributed by atoms with E-state index in [1.807, 2.05) is 41.0 Å². The molecule has 1 N–H and O–H groups in total. The summed E-state index contributed by atoms with van der Waals surface area (Å²) in [5, 5.41) is 12.8. The van der Waals surface area contributed by atoms with Gasteiger partial charge in [-0.25, -0.2) is 4.98 Å². The van der Waals surface area contributed by atoms with E-state index in [2.05, 4.69) is 16.4 Å². The van der Waals surface area contributed by atoms with Crippen molar-refractivity contribution in [3.8, 4) is 6.07 Å². The first-order valence-corrected chi connectivity index (χ1v) is 7.50. The molecule has 1 aliphatic heterocycles. The van der Waals surface area contributed by atoms with E-state index < -0.39 is 12.0 Å². The van der Waals surface area contributed by atoms with E-state index in [9.17, 15) is 10.1 Å². The first kappa shape index (κ1) is 13.8. The predicted octanol–water partition coefficient (Wildman–Crippen LogP) is 3.37. The molecule has 3 aromatic rings. The van der Waals surface area contributed by atoms with Crippen LogP contribution in [-0.4, -0.2) is 15.5 Å². The molecule has 0 radical (unpaired) electrons. The number of imidazole rings is 1. The van der Waals surface area contributed by atoms with Gasteiger partial charge in [-0.1, -0.05) is 35.9 Å². The molecule has 2 aromatic carbocycles. The van der Waals surface area contributed by atoms with Crippen LogP contribution < -0.4 is 5.32 Å². The number of nitrogens with zero attached hydrogens (tertiary/aromatic N) is 3. The van der Waals surface area contributed by atoms with Crippen molar-refractivity contribution in [2.24, 2.45) is 5.92 Å². The highest BCUT2D eigenvalue weighted by molar-refractivity contribution is 6.30. The highest BCUT2D eigenvalue weighted by atomic mass is 35.5. The molecule has 6 heteroatoms. The SMILES string of the molecule is N#C[C@@H]1C(=O)Nc2nc3ccccc3n2[C@H]1c1ccc(Cl)cc1. The van der Waals surface area contributed by atoms with Crippen LogP contribution in [0.15, 0.2) is 48.5 Å². The fourth-order valence-corrected chi connectivity index (χ4v) is 3.15. The summed E-state index contributed by atoms with van der Waals surface area (Å²) in [6.45, 7) is 0. The van der Waals surface area contributed by atoms with Gasteiger partial charge in [0.2, 0.25) is 11.9 Å². The van der Waals surface area contributed by atoms with Gasteiger partial charge in [-0.05, 0) is 29.8 Å². The average Bonchev–Trinajstić information content (AvgIpc) is 2.92. The molecule has 5 nitrogen and oxygen atoms in total. The molecule has 1 aromatic heterocycles. The molecule has 1 amide bonds. The number of anilines is 1. The molecular formula is C17H11ClN4O. The van der Waals surface area contributed by atoms with Gasteiger partial charge in [0, 0.05) is 5.02 Å². The third kappa shape index (κ3) is 2.07. The largest absolute Gasteiger partial charge is 0.300 e. The molecule has 0 aliphatic carbocycles. The molecule has 0 saturated heterocycles. The van der Waals surface area contributed by atoms with Crippen molar-refractivity contribution in [1.29, 1.82) is 5.26 Å². The van der Waals surface area contributed by atoms with E-state index in [1.165, 1.54) is 0 Å². The maximum Gasteiger partial charge on any atom is 0.246 e. The second-order valence-corrected chi connectivity index (χ2v) is 5.82. The Morgan fingerprint density at radius 3 is 2.65 bits per heavy atom. The van der Waals surface area contributed by atoms with Crippen LogP contribution in [0.3, 0.4) is 0 Å². The van der Waals surface area contributed by atoms with Crippen molar-refractivity contribution in [3.05, 3.63) is 59.1 Å². The van der Waals surface area contributed by atoms with Crippen LogP contribution >= 0.6 is 11.6 Å². The number of para-hydroxylation sites is 2. The van der Waals surface area contributed by atoms with E-state index in [0.29, 0.717) is 11.0 Å². The van der Waals surface area contributed by atoms with Crippen molar-refractivity contribution < 1.29 is 4.79 Å². The molecule has 0 fully saturated rings. The number of halogens is 1. The number of hydrogen-bond acceptors (Lipinski definition) is 3. The van der Waals surface area contributed by atoms with E-state index in [4.69, 9.17) is 11.6 Å². The summed E-state index contributed by atoms with van der Waals surface area (Å²) in [6.07, 6.45) is 0. The maximum absolute atomic E-state index is 12.3. The van der Waals surface area contributed by atoms with Gasteiger partial charge in [0.15, 0.2) is 5.92 Å². The second-order valence-electron chi connectivity index (χ2n) is 5.39. The molecule has 0 unspecified atom stereocenters. The second kappa shape index (κ2) is 5.11. The summed E-state index contributed by atoms with van der Waals surface area (Å²) < 4.78 is 1.91. The minimum Gasteiger partial charge on any atom is -0.300 e. The zero-order chi connectivity index (χ0) is 16.0. The Labute approximate surface area is 137 Å². The lowest BCUT2D eigenvalue weighted by molar-refractivity contribution is -0.119. The van der Waals surface area contributed by atoms with Crippen LogP contribution in [0.5, 0.6) is 0 Å². The van der Waals surface area contributed by atoms with Crippen LogP contribution in [0.1, 0.15) is 11.6 Å². The number of rotatable bonds is 1. The maximum atomic E-state index is 12.3. The lowest BCUT2D eigenvalue weighted by atomic mass is 9.91. The van der Waals surface area contributed by atoms with Crippen molar-refractivity contribution >= 4 is 34.5 Å². The van der Waals surface area contributed by atoms with Gasteiger partial charge in [0.25, 0.3) is 0 Å². The number of carbonyl (C=O) groups excluding carboxylic acids is 1. The Morgan fingerprint density at radius 1 is 1.17 bits per heavy atom. The predicted molar refractivity (Wildman–Crippen MR) is 87.1 cm³/mol. The number of nitrogens with one attached hydrogen (secondary N) is 1. The Kier molecular flexibility index (Phi) is 3.07. The van der Waals surface area contributed by atoms with Crippen LogP contribution in [0, 0.1) is 17.2 Å². The van der Waals surface area contributed by atoms with Crippen LogP contribution in [0.4, 0.5) is 5.95 Å². The zero-order valence-electron chi connectivity index (χ0n) is 11.9. The van der Waals surface area contributed by atoms with E-state index in [0.717, 1.165) is 16.6 Å². The monoisotopic (exact) mass is 322 g/mol. The van der Waals surface area contributed by atoms with E-state index >= 15 is 0 Å². The number of benzene rings is 2. The van der Waals surface area contributed by atoms with Crippen molar-refractivity contribution in [3.63, 3.8) is 0 Å². The summed E-state index contributed by atoms with van der Waals surface area (Å²) in [5.74, 6) is -0.709. The number of fused-ring (bicyclic) bond motifs is 3. The van der Waals surface area contributed by atoms with E-state index in [1.54, 1.807) is 12.1 Å². The third-order valence-corrected chi connectivity index (χ3v) is 4.31. The molecule has 23 heavy (non-hydrogen) atoms. The Balaban J connectivity index is 2.00. The van der Waals surface area contributed by atoms with Gasteiger partial charge >= 0.3 is 0 Å². The number of nitriles is 1. The van der Waals surface area contributed by atoms with Crippen molar-refractivity contribution in [2.45, 2.75) is 6.04 Å². The summed E-state index contributed by atoms with van der Waals surface area (Å²) in [5.41, 5.74) is 2.50. The van der Waals surface area contributed by atoms with Gasteiger partial charge in [0.05, 0.1) is 23.1 Å². The van der Waals surface area contributed by atoms with Gasteiger partial charge < -0.3 is 4.57 Å². The highest BCUT2D eigenvalue weighted by Gasteiger charge is 2.38. The standard InChI is InChI=1S/C17H11ClN4O/c18-11-7-5-10(6-8-11)15-12(9-19)16(23)21-17-20-13-3-1-2-4-14(13)22(15)17/h1-8,12,15H,(H,20,21,23)/t12-,15-/m0/s1. The molecule has 4 rings (SSSR count). The molecule has 2 heterocycles. The third-order valence-electron chi connectivity index (χ3n) is 4.06. The topological polar surface area (TPSA) is 70.7 Å². The number of carbonyl (C=O) groups is 1. The van der Waals surface area contributed by atoms with E-state index in [-0.39, 0.29) is 5.91 Å². The lowest BCUT2D eigenvalue weighted by Gasteiger charge is -2.29. The molecule has 0 bridgehead atoms. The zero-order valence-corrected chi connectivity index (χ0v) is 12.7. The molecule has 1 aliphatic rings. The number of aromatic nitrogens is 2. The quantitative estimate of drug-likeness (QED) is 0.746. The number of hydrogen-bond donors (Lipinski definition) is 1. The molecule has 2 atom stereocenters. The van der Waals surface area contributed by atoms with Gasteiger partial charge in [-0.15, -0.1) is 0 Å². The Morgan fingerprint density at radius 2 is 1.91 bits per heavy atom. The molecule has 0 spiro atoms. The fraction of sp³-hybridized carbons (Fsp3) is 0.118. The van der Waals surface area contributed by atoms with Crippen molar-refractivity contribution in [1.82, 2.24) is 9.55 Å². The first-order valence-electron chi connectivity index (χ1n) is 7.12. The molecule has 112 valence electrons. The summed E-state index contributed by atoms with van der Waals surface area (Å²) >= 11 is 5.96. The minimum atomic E-state index is -0.832. The molecule has 0 saturated carbocycles. The van der Waals surface area contributed by atoms with Crippen molar-refractivity contribution in [2.75, 3.05) is 5.32 Å². The normalized spacial score (nSPS) is 19.9. The van der Waals surface area contributed by atoms with Gasteiger partial charge in [-0.3, -0.25) is 10.1 Å². The first-order chi connectivity index (χ1) is 11.2. The summed E-state index contributed by atoms with van der Waals surface area (Å²) in [7, 11) is 0. The van der Waals surface area contributed by atoms with Crippen LogP contribution in [0.2, 0.25) is 5.02 Å². The Bertz CT molecular complexity index is 955. The summed E-state index contributed by atoms with van der Waals surface area (Å²) in [6, 6.07) is 16.5. The average molecular weight is 323 g/mol. The summed E-state index contributed by atoms with van der Waals surface area (Å²) in [4.78, 5) is 16.8. The van der Waals surface area contributed by atoms with Crippen LogP contribution in [0.25, 0.3) is 11.0 Å². The molecular weight excluding hydrogens is 312 g/mol. The fourth-order valence-electron chi connectivity index (χ4n) is 3.03. The van der Waals surface area contributed by atoms with Crippen LogP contribution in [-0.2, 0) is 4.79 Å². The van der Waals surface area contributed by atoms with Gasteiger partial charge in [0.1, 0.15) is 0 Å². The van der Waals surface area contributed by atoms with Gasteiger partial charge in [-0.2, -0.15) is 5.26 Å². The number of amides is 1. The highest BCUT2D eigenvalue weighted by Crippen LogP contribution is 2.37. The minimum absolute atomic E-state index is 0.338. The lowest BCUT2D eigenvalue weighted by Crippen LogP contribution is -2.37. The Hall–Kier alpha value is -2.84. The smallest absolute Gasteiger partial charge is 0.246 e.